The van der Waals surface area contributed by atoms with Crippen molar-refractivity contribution in [3.63, 3.8) is 0 Å². The number of hydrogen-bond donors (Lipinski definition) is 1. The van der Waals surface area contributed by atoms with E-state index in [9.17, 15) is 14.4 Å². The molecule has 150 valence electrons. The molecule has 0 aromatic heterocycles. The molecule has 2 heterocycles. The Morgan fingerprint density at radius 3 is 2.39 bits per heavy atom. The fourth-order valence-corrected chi connectivity index (χ4v) is 4.63. The van der Waals surface area contributed by atoms with Crippen molar-refractivity contribution in [3.8, 4) is 0 Å². The third kappa shape index (κ3) is 4.05. The molecule has 4 rings (SSSR count). The Bertz CT molecular complexity index is 724. The van der Waals surface area contributed by atoms with Crippen LogP contribution >= 0.6 is 0 Å². The Labute approximate surface area is 166 Å². The first-order chi connectivity index (χ1) is 13.6. The third-order valence-electron chi connectivity index (χ3n) is 6.41. The Morgan fingerprint density at radius 1 is 0.964 bits per heavy atom. The molecule has 1 aromatic carbocycles. The summed E-state index contributed by atoms with van der Waals surface area (Å²) in [4.78, 5) is 41.2. The zero-order valence-electron chi connectivity index (χ0n) is 16.3. The van der Waals surface area contributed by atoms with Gasteiger partial charge in [-0.1, -0.05) is 49.6 Å². The maximum atomic E-state index is 12.6. The number of rotatable bonds is 5. The molecule has 1 unspecified atom stereocenters. The number of carbonyl (C=O) groups is 3. The van der Waals surface area contributed by atoms with Crippen LogP contribution in [0.1, 0.15) is 44.1 Å². The first kappa shape index (κ1) is 19.0. The molecule has 6 heteroatoms. The van der Waals surface area contributed by atoms with Crippen LogP contribution in [0.3, 0.4) is 0 Å². The summed E-state index contributed by atoms with van der Waals surface area (Å²) in [6, 6.07) is 9.85. The zero-order valence-corrected chi connectivity index (χ0v) is 16.3. The van der Waals surface area contributed by atoms with E-state index in [2.05, 4.69) is 5.32 Å². The van der Waals surface area contributed by atoms with Crippen molar-refractivity contribution in [2.75, 3.05) is 19.6 Å². The van der Waals surface area contributed by atoms with Crippen molar-refractivity contribution in [3.05, 3.63) is 35.9 Å². The highest BCUT2D eigenvalue weighted by Crippen LogP contribution is 2.30. The van der Waals surface area contributed by atoms with Gasteiger partial charge in [-0.25, -0.2) is 0 Å². The number of nitrogens with zero attached hydrogens (tertiary/aromatic N) is 2. The summed E-state index contributed by atoms with van der Waals surface area (Å²) in [5.41, 5.74) is 1.05. The quantitative estimate of drug-likeness (QED) is 0.845. The summed E-state index contributed by atoms with van der Waals surface area (Å²) in [5, 5.41) is 2.94. The molecular formula is C22H29N3O3. The SMILES string of the molecule is O=C(NCc1ccccc1)C1CC(=O)N(C2CN(C(=O)C3CCCCC3)C2)C1. The second-order valence-corrected chi connectivity index (χ2v) is 8.38. The van der Waals surface area contributed by atoms with E-state index in [4.69, 9.17) is 0 Å². The third-order valence-corrected chi connectivity index (χ3v) is 6.41. The van der Waals surface area contributed by atoms with Crippen LogP contribution in [0.15, 0.2) is 30.3 Å². The summed E-state index contributed by atoms with van der Waals surface area (Å²) in [6.45, 7) is 2.20. The second kappa shape index (κ2) is 8.33. The summed E-state index contributed by atoms with van der Waals surface area (Å²) >= 11 is 0. The fraction of sp³-hybridized carbons (Fsp3) is 0.591. The van der Waals surface area contributed by atoms with Gasteiger partial charge in [0.05, 0.1) is 12.0 Å². The first-order valence-electron chi connectivity index (χ1n) is 10.5. The lowest BCUT2D eigenvalue weighted by Crippen LogP contribution is -2.62. The minimum absolute atomic E-state index is 0.0367. The van der Waals surface area contributed by atoms with Crippen LogP contribution in [0.25, 0.3) is 0 Å². The number of carbonyl (C=O) groups excluding carboxylic acids is 3. The molecule has 6 nitrogen and oxygen atoms in total. The van der Waals surface area contributed by atoms with Crippen LogP contribution in [0, 0.1) is 11.8 Å². The van der Waals surface area contributed by atoms with E-state index in [1.165, 1.54) is 6.42 Å². The van der Waals surface area contributed by atoms with Gasteiger partial charge >= 0.3 is 0 Å². The number of likely N-dealkylation sites (tertiary alicyclic amines) is 2. The molecule has 2 saturated heterocycles. The normalized spacial score (nSPS) is 23.6. The molecule has 2 aliphatic heterocycles. The van der Waals surface area contributed by atoms with Crippen molar-refractivity contribution in [1.29, 1.82) is 0 Å². The van der Waals surface area contributed by atoms with Crippen LogP contribution in [-0.4, -0.2) is 53.2 Å². The number of amides is 3. The average Bonchev–Trinajstić information content (AvgIpc) is 3.08. The van der Waals surface area contributed by atoms with Gasteiger partial charge in [0.15, 0.2) is 0 Å². The van der Waals surface area contributed by atoms with Gasteiger partial charge in [-0.2, -0.15) is 0 Å². The van der Waals surface area contributed by atoms with E-state index in [0.29, 0.717) is 26.2 Å². The standard InChI is InChI=1S/C22H29N3O3/c26-20-11-18(21(27)23-12-16-7-3-1-4-8-16)13-25(20)19-14-24(15-19)22(28)17-9-5-2-6-10-17/h1,3-4,7-8,17-19H,2,5-6,9-15H2,(H,23,27). The molecule has 28 heavy (non-hydrogen) atoms. The van der Waals surface area contributed by atoms with Gasteiger partial charge in [0.25, 0.3) is 0 Å². The van der Waals surface area contributed by atoms with Gasteiger partial charge in [-0.15, -0.1) is 0 Å². The summed E-state index contributed by atoms with van der Waals surface area (Å²) < 4.78 is 0. The lowest BCUT2D eigenvalue weighted by Gasteiger charge is -2.45. The fourth-order valence-electron chi connectivity index (χ4n) is 4.63. The van der Waals surface area contributed by atoms with Crippen molar-refractivity contribution >= 4 is 17.7 Å². The molecule has 0 radical (unpaired) electrons. The van der Waals surface area contributed by atoms with Crippen LogP contribution < -0.4 is 5.32 Å². The van der Waals surface area contributed by atoms with Crippen LogP contribution in [0.2, 0.25) is 0 Å². The highest BCUT2D eigenvalue weighted by molar-refractivity contribution is 5.89. The minimum Gasteiger partial charge on any atom is -0.352 e. The van der Waals surface area contributed by atoms with Gasteiger partial charge in [-0.3, -0.25) is 14.4 Å². The minimum atomic E-state index is -0.292. The van der Waals surface area contributed by atoms with Gasteiger partial charge in [0, 0.05) is 38.5 Å². The van der Waals surface area contributed by atoms with E-state index in [1.807, 2.05) is 40.1 Å². The maximum absolute atomic E-state index is 12.6. The Kier molecular flexibility index (Phi) is 5.64. The summed E-state index contributed by atoms with van der Waals surface area (Å²) in [5.74, 6) is 0.128. The zero-order chi connectivity index (χ0) is 19.5. The van der Waals surface area contributed by atoms with E-state index in [0.717, 1.165) is 31.2 Å². The van der Waals surface area contributed by atoms with Gasteiger partial charge < -0.3 is 15.1 Å². The molecule has 1 N–H and O–H groups in total. The number of hydrogen-bond acceptors (Lipinski definition) is 3. The number of nitrogens with one attached hydrogen (secondary N) is 1. The van der Waals surface area contributed by atoms with Crippen LogP contribution in [-0.2, 0) is 20.9 Å². The molecule has 1 aromatic rings. The Hall–Kier alpha value is -2.37. The smallest absolute Gasteiger partial charge is 0.225 e. The summed E-state index contributed by atoms with van der Waals surface area (Å²) in [7, 11) is 0. The van der Waals surface area contributed by atoms with Gasteiger partial charge in [0.2, 0.25) is 17.7 Å². The lowest BCUT2D eigenvalue weighted by molar-refractivity contribution is -0.148. The Morgan fingerprint density at radius 2 is 1.68 bits per heavy atom. The molecule has 0 spiro atoms. The van der Waals surface area contributed by atoms with Crippen molar-refractivity contribution in [1.82, 2.24) is 15.1 Å². The van der Waals surface area contributed by atoms with E-state index < -0.39 is 0 Å². The highest BCUT2D eigenvalue weighted by Gasteiger charge is 2.44. The van der Waals surface area contributed by atoms with Crippen molar-refractivity contribution in [2.45, 2.75) is 51.1 Å². The Balaban J connectivity index is 1.24. The topological polar surface area (TPSA) is 69.7 Å². The molecule has 1 atom stereocenters. The van der Waals surface area contributed by atoms with Crippen molar-refractivity contribution < 1.29 is 14.4 Å². The van der Waals surface area contributed by atoms with E-state index in [1.54, 1.807) is 0 Å². The molecule has 0 bridgehead atoms. The molecule has 1 aliphatic carbocycles. The first-order valence-corrected chi connectivity index (χ1v) is 10.5. The summed E-state index contributed by atoms with van der Waals surface area (Å²) in [6.07, 6.45) is 5.82. The predicted molar refractivity (Wildman–Crippen MR) is 105 cm³/mol. The van der Waals surface area contributed by atoms with Crippen molar-refractivity contribution in [2.24, 2.45) is 11.8 Å². The molecule has 3 fully saturated rings. The van der Waals surface area contributed by atoms with Gasteiger partial charge in [0.1, 0.15) is 0 Å². The van der Waals surface area contributed by atoms with Crippen LogP contribution in [0.4, 0.5) is 0 Å². The second-order valence-electron chi connectivity index (χ2n) is 8.38. The molecule has 1 saturated carbocycles. The monoisotopic (exact) mass is 383 g/mol. The highest BCUT2D eigenvalue weighted by atomic mass is 16.2. The van der Waals surface area contributed by atoms with Gasteiger partial charge in [-0.05, 0) is 18.4 Å². The van der Waals surface area contributed by atoms with Crippen LogP contribution in [0.5, 0.6) is 0 Å². The number of benzene rings is 1. The largest absolute Gasteiger partial charge is 0.352 e. The molecule has 3 aliphatic rings. The molecular weight excluding hydrogens is 354 g/mol. The lowest BCUT2D eigenvalue weighted by atomic mass is 9.87. The maximum Gasteiger partial charge on any atom is 0.225 e. The average molecular weight is 383 g/mol. The van der Waals surface area contributed by atoms with E-state index in [-0.39, 0.29) is 42.0 Å². The van der Waals surface area contributed by atoms with E-state index >= 15 is 0 Å². The molecule has 3 amide bonds. The predicted octanol–water partition coefficient (Wildman–Crippen LogP) is 1.94.